The number of piperidine rings is 1. The average molecular weight is 180 g/mol. The van der Waals surface area contributed by atoms with Crippen molar-refractivity contribution in [3.63, 3.8) is 0 Å². The Balaban J connectivity index is 2.14. The Labute approximate surface area is 79.0 Å². The molecule has 0 aromatic rings. The second-order valence-electron chi connectivity index (χ2n) is 3.75. The van der Waals surface area contributed by atoms with Crippen LogP contribution in [0.15, 0.2) is 12.7 Å². The number of likely N-dealkylation sites (tertiary alicyclic amines) is 1. The van der Waals surface area contributed by atoms with Crippen molar-refractivity contribution in [3.05, 3.63) is 12.7 Å². The lowest BCUT2D eigenvalue weighted by molar-refractivity contribution is -0.128. The molecule has 2 rings (SSSR count). The summed E-state index contributed by atoms with van der Waals surface area (Å²) in [5.41, 5.74) is 0. The number of fused-ring (bicyclic) bond motifs is 2. The Morgan fingerprint density at radius 2 is 2.38 bits per heavy atom. The van der Waals surface area contributed by atoms with Crippen LogP contribution in [0.25, 0.3) is 0 Å². The van der Waals surface area contributed by atoms with Crippen LogP contribution in [-0.2, 0) is 4.79 Å². The first-order chi connectivity index (χ1) is 6.27. The minimum absolute atomic E-state index is 0.100. The lowest BCUT2D eigenvalue weighted by atomic mass is 10.1. The fourth-order valence-corrected chi connectivity index (χ4v) is 2.57. The molecule has 2 heterocycles. The Morgan fingerprint density at radius 1 is 1.62 bits per heavy atom. The summed E-state index contributed by atoms with van der Waals surface area (Å²) in [5.74, 6) is 0.100. The van der Waals surface area contributed by atoms with E-state index in [4.69, 9.17) is 0 Å². The van der Waals surface area contributed by atoms with Gasteiger partial charge in [-0.2, -0.15) is 0 Å². The third-order valence-corrected chi connectivity index (χ3v) is 3.17. The Bertz CT molecular complexity index is 239. The Morgan fingerprint density at radius 3 is 2.92 bits per heavy atom. The summed E-state index contributed by atoms with van der Waals surface area (Å²) in [4.78, 5) is 15.9. The van der Waals surface area contributed by atoms with Gasteiger partial charge >= 0.3 is 0 Å². The molecule has 2 aliphatic heterocycles. The van der Waals surface area contributed by atoms with Gasteiger partial charge in [0.15, 0.2) is 0 Å². The summed E-state index contributed by atoms with van der Waals surface area (Å²) in [6.45, 7) is 7.79. The number of hydrogen-bond donors (Lipinski definition) is 0. The molecule has 0 radical (unpaired) electrons. The van der Waals surface area contributed by atoms with Gasteiger partial charge < -0.3 is 4.90 Å². The van der Waals surface area contributed by atoms with Crippen LogP contribution in [0, 0.1) is 0 Å². The van der Waals surface area contributed by atoms with Crippen LogP contribution >= 0.6 is 0 Å². The first-order valence-electron chi connectivity index (χ1n) is 4.96. The molecular formula is C10H16N2O. The van der Waals surface area contributed by atoms with Gasteiger partial charge in [0.25, 0.3) is 0 Å². The molecule has 0 N–H and O–H groups in total. The molecule has 72 valence electrons. The van der Waals surface area contributed by atoms with E-state index in [1.807, 2.05) is 4.90 Å². The molecule has 2 unspecified atom stereocenters. The van der Waals surface area contributed by atoms with Crippen LogP contribution in [0.3, 0.4) is 0 Å². The van der Waals surface area contributed by atoms with Crippen LogP contribution in [-0.4, -0.2) is 41.0 Å². The van der Waals surface area contributed by atoms with Gasteiger partial charge in [0.1, 0.15) is 0 Å². The quantitative estimate of drug-likeness (QED) is 0.587. The third kappa shape index (κ3) is 1.18. The predicted molar refractivity (Wildman–Crippen MR) is 51.1 cm³/mol. The fourth-order valence-electron chi connectivity index (χ4n) is 2.57. The lowest BCUT2D eigenvalue weighted by Crippen LogP contribution is -2.38. The molecule has 0 aromatic carbocycles. The van der Waals surface area contributed by atoms with Gasteiger partial charge in [-0.25, -0.2) is 0 Å². The van der Waals surface area contributed by atoms with Gasteiger partial charge in [0.2, 0.25) is 5.91 Å². The molecule has 13 heavy (non-hydrogen) atoms. The van der Waals surface area contributed by atoms with Crippen LogP contribution < -0.4 is 0 Å². The summed E-state index contributed by atoms with van der Waals surface area (Å²) in [6, 6.07) is 0.454. The normalized spacial score (nSPS) is 32.5. The molecule has 0 aliphatic carbocycles. The van der Waals surface area contributed by atoms with E-state index in [-0.39, 0.29) is 5.91 Å². The zero-order valence-corrected chi connectivity index (χ0v) is 8.07. The summed E-state index contributed by atoms with van der Waals surface area (Å²) in [5, 5.41) is 0. The molecule has 0 spiro atoms. The van der Waals surface area contributed by atoms with Crippen molar-refractivity contribution in [3.8, 4) is 0 Å². The van der Waals surface area contributed by atoms with E-state index in [1.54, 1.807) is 0 Å². The van der Waals surface area contributed by atoms with E-state index < -0.39 is 0 Å². The molecule has 2 atom stereocenters. The maximum absolute atomic E-state index is 11.5. The van der Waals surface area contributed by atoms with Crippen molar-refractivity contribution >= 4 is 5.91 Å². The smallest absolute Gasteiger partial charge is 0.247 e. The zero-order chi connectivity index (χ0) is 9.42. The monoisotopic (exact) mass is 180 g/mol. The fraction of sp³-hybridized carbons (Fsp3) is 0.700. The SMILES string of the molecule is C=CC(=O)N1C2CCC1N(CC)C2. The molecule has 1 amide bonds. The van der Waals surface area contributed by atoms with E-state index in [9.17, 15) is 4.79 Å². The number of carbonyl (C=O) groups excluding carboxylic acids is 1. The molecule has 0 aromatic heterocycles. The molecular weight excluding hydrogens is 164 g/mol. The molecule has 3 nitrogen and oxygen atoms in total. The zero-order valence-electron chi connectivity index (χ0n) is 8.07. The largest absolute Gasteiger partial charge is 0.319 e. The Kier molecular flexibility index (Phi) is 2.12. The second kappa shape index (κ2) is 3.14. The molecule has 2 fully saturated rings. The first kappa shape index (κ1) is 8.75. The van der Waals surface area contributed by atoms with Gasteiger partial charge in [-0.3, -0.25) is 9.69 Å². The van der Waals surface area contributed by atoms with Crippen molar-refractivity contribution in [2.24, 2.45) is 0 Å². The van der Waals surface area contributed by atoms with E-state index in [1.165, 1.54) is 12.5 Å². The van der Waals surface area contributed by atoms with Crippen LogP contribution in [0.5, 0.6) is 0 Å². The highest BCUT2D eigenvalue weighted by Gasteiger charge is 2.45. The molecule has 2 saturated heterocycles. The maximum Gasteiger partial charge on any atom is 0.247 e. The summed E-state index contributed by atoms with van der Waals surface area (Å²) in [6.07, 6.45) is 4.10. The minimum atomic E-state index is 0.100. The van der Waals surface area contributed by atoms with Gasteiger partial charge in [-0.05, 0) is 25.5 Å². The predicted octanol–water partition coefficient (Wildman–Crippen LogP) is 0.825. The van der Waals surface area contributed by atoms with Crippen molar-refractivity contribution in [1.29, 1.82) is 0 Å². The van der Waals surface area contributed by atoms with Gasteiger partial charge in [-0.1, -0.05) is 13.5 Å². The molecule has 3 heteroatoms. The van der Waals surface area contributed by atoms with Gasteiger partial charge in [0.05, 0.1) is 6.17 Å². The van der Waals surface area contributed by atoms with Gasteiger partial charge in [-0.15, -0.1) is 0 Å². The highest BCUT2D eigenvalue weighted by Crippen LogP contribution is 2.34. The number of rotatable bonds is 2. The van der Waals surface area contributed by atoms with E-state index in [0.717, 1.165) is 19.5 Å². The topological polar surface area (TPSA) is 23.6 Å². The number of likely N-dealkylation sites (N-methyl/N-ethyl adjacent to an activating group) is 1. The number of nitrogens with zero attached hydrogens (tertiary/aromatic N) is 2. The van der Waals surface area contributed by atoms with Crippen LogP contribution in [0.4, 0.5) is 0 Å². The lowest BCUT2D eigenvalue weighted by Gasteiger charge is -2.25. The van der Waals surface area contributed by atoms with Crippen molar-refractivity contribution < 1.29 is 4.79 Å². The van der Waals surface area contributed by atoms with Crippen LogP contribution in [0.2, 0.25) is 0 Å². The highest BCUT2D eigenvalue weighted by atomic mass is 16.2. The standard InChI is InChI=1S/C10H16N2O/c1-3-10(13)12-8-5-6-9(12)11(4-2)7-8/h3,8-9H,1,4-7H2,2H3. The van der Waals surface area contributed by atoms with Crippen molar-refractivity contribution in [2.45, 2.75) is 32.0 Å². The van der Waals surface area contributed by atoms with E-state index in [2.05, 4.69) is 18.4 Å². The second-order valence-corrected chi connectivity index (χ2v) is 3.75. The first-order valence-corrected chi connectivity index (χ1v) is 4.96. The van der Waals surface area contributed by atoms with Crippen LogP contribution in [0.1, 0.15) is 19.8 Å². The van der Waals surface area contributed by atoms with Crippen molar-refractivity contribution in [1.82, 2.24) is 9.80 Å². The van der Waals surface area contributed by atoms with Gasteiger partial charge in [0, 0.05) is 12.6 Å². The number of carbonyl (C=O) groups is 1. The summed E-state index contributed by atoms with van der Waals surface area (Å²) in [7, 11) is 0. The Hall–Kier alpha value is -0.830. The van der Waals surface area contributed by atoms with E-state index in [0.29, 0.717) is 12.2 Å². The minimum Gasteiger partial charge on any atom is -0.319 e. The summed E-state index contributed by atoms with van der Waals surface area (Å²) < 4.78 is 0. The number of hydrogen-bond acceptors (Lipinski definition) is 2. The highest BCUT2D eigenvalue weighted by molar-refractivity contribution is 5.88. The summed E-state index contributed by atoms with van der Waals surface area (Å²) >= 11 is 0. The number of amides is 1. The van der Waals surface area contributed by atoms with Crippen molar-refractivity contribution in [2.75, 3.05) is 13.1 Å². The maximum atomic E-state index is 11.5. The van der Waals surface area contributed by atoms with E-state index >= 15 is 0 Å². The third-order valence-electron chi connectivity index (χ3n) is 3.17. The molecule has 2 bridgehead atoms. The average Bonchev–Trinajstić information content (AvgIpc) is 2.72. The molecule has 2 aliphatic rings. The molecule has 0 saturated carbocycles.